The Kier molecular flexibility index (Phi) is 3.27. The monoisotopic (exact) mass is 342 g/mol. The van der Waals surface area contributed by atoms with E-state index in [1.165, 1.54) is 15.8 Å². The molecule has 8 heteroatoms. The van der Waals surface area contributed by atoms with Crippen molar-refractivity contribution in [3.63, 3.8) is 0 Å². The van der Waals surface area contributed by atoms with Gasteiger partial charge in [0.2, 0.25) is 0 Å². The summed E-state index contributed by atoms with van der Waals surface area (Å²) >= 11 is 1.79. The molecule has 5 rings (SSSR count). The SMILES string of the molecule is Cc1nonc1[C@H]1CCCN1c1ncnc2sc3c(c12)CCNC3. The highest BCUT2D eigenvalue weighted by molar-refractivity contribution is 7.19. The molecule has 0 amide bonds. The maximum Gasteiger partial charge on any atom is 0.141 e. The first-order chi connectivity index (χ1) is 11.8. The van der Waals surface area contributed by atoms with E-state index in [-0.39, 0.29) is 6.04 Å². The van der Waals surface area contributed by atoms with Gasteiger partial charge in [-0.2, -0.15) is 0 Å². The first kappa shape index (κ1) is 14.3. The summed E-state index contributed by atoms with van der Waals surface area (Å²) in [6, 6.07) is 0.187. The molecule has 3 aromatic rings. The van der Waals surface area contributed by atoms with E-state index >= 15 is 0 Å². The Bertz CT molecular complexity index is 903. The smallest absolute Gasteiger partial charge is 0.141 e. The molecule has 0 aliphatic carbocycles. The fraction of sp³-hybridized carbons (Fsp3) is 0.500. The van der Waals surface area contributed by atoms with Crippen LogP contribution in [0.25, 0.3) is 10.2 Å². The van der Waals surface area contributed by atoms with Crippen LogP contribution in [0.3, 0.4) is 0 Å². The van der Waals surface area contributed by atoms with E-state index in [1.54, 1.807) is 17.7 Å². The first-order valence-corrected chi connectivity index (χ1v) is 9.16. The van der Waals surface area contributed by atoms with Gasteiger partial charge in [0.25, 0.3) is 0 Å². The van der Waals surface area contributed by atoms with Crippen LogP contribution in [0.1, 0.15) is 40.7 Å². The summed E-state index contributed by atoms with van der Waals surface area (Å²) in [6.07, 6.45) is 4.90. The van der Waals surface area contributed by atoms with Crippen molar-refractivity contribution in [2.75, 3.05) is 18.0 Å². The number of hydrogen-bond donors (Lipinski definition) is 1. The van der Waals surface area contributed by atoms with Crippen molar-refractivity contribution in [1.29, 1.82) is 0 Å². The van der Waals surface area contributed by atoms with Gasteiger partial charge in [-0.1, -0.05) is 10.3 Å². The average Bonchev–Trinajstić information content (AvgIpc) is 3.31. The number of hydrogen-bond acceptors (Lipinski definition) is 8. The van der Waals surface area contributed by atoms with Crippen LogP contribution < -0.4 is 10.2 Å². The predicted molar refractivity (Wildman–Crippen MR) is 91.2 cm³/mol. The van der Waals surface area contributed by atoms with Crippen molar-refractivity contribution >= 4 is 27.4 Å². The molecule has 0 radical (unpaired) electrons. The molecule has 0 bridgehead atoms. The second-order valence-corrected chi connectivity index (χ2v) is 7.48. The number of nitrogens with one attached hydrogen (secondary N) is 1. The number of nitrogens with zero attached hydrogens (tertiary/aromatic N) is 5. The van der Waals surface area contributed by atoms with E-state index in [0.717, 1.165) is 60.9 Å². The Morgan fingerprint density at radius 3 is 3.17 bits per heavy atom. The van der Waals surface area contributed by atoms with Gasteiger partial charge in [-0.3, -0.25) is 0 Å². The number of aromatic nitrogens is 4. The summed E-state index contributed by atoms with van der Waals surface area (Å²) in [5.41, 5.74) is 3.23. The minimum atomic E-state index is 0.187. The van der Waals surface area contributed by atoms with Crippen molar-refractivity contribution < 1.29 is 4.63 Å². The number of anilines is 1. The molecule has 3 aromatic heterocycles. The van der Waals surface area contributed by atoms with Crippen molar-refractivity contribution in [2.45, 2.75) is 38.8 Å². The molecule has 1 N–H and O–H groups in total. The lowest BCUT2D eigenvalue weighted by molar-refractivity contribution is 0.299. The van der Waals surface area contributed by atoms with E-state index in [1.807, 2.05) is 6.92 Å². The van der Waals surface area contributed by atoms with Crippen molar-refractivity contribution in [1.82, 2.24) is 25.6 Å². The molecule has 2 aliphatic heterocycles. The second-order valence-electron chi connectivity index (χ2n) is 6.39. The summed E-state index contributed by atoms with van der Waals surface area (Å²) in [5.74, 6) is 1.05. The van der Waals surface area contributed by atoms with Crippen LogP contribution >= 0.6 is 11.3 Å². The largest absolute Gasteiger partial charge is 0.347 e. The van der Waals surface area contributed by atoms with Crippen LogP contribution in [-0.4, -0.2) is 33.4 Å². The first-order valence-electron chi connectivity index (χ1n) is 8.34. The maximum atomic E-state index is 4.94. The molecule has 0 saturated carbocycles. The van der Waals surface area contributed by atoms with E-state index in [9.17, 15) is 0 Å². The number of thiophene rings is 1. The predicted octanol–water partition coefficient (Wildman–Crippen LogP) is 2.37. The third-order valence-corrected chi connectivity index (χ3v) is 6.16. The minimum Gasteiger partial charge on any atom is -0.347 e. The lowest BCUT2D eigenvalue weighted by atomic mass is 10.1. The van der Waals surface area contributed by atoms with Gasteiger partial charge in [0.05, 0.1) is 11.4 Å². The zero-order valence-electron chi connectivity index (χ0n) is 13.4. The summed E-state index contributed by atoms with van der Waals surface area (Å²) < 4.78 is 4.94. The Morgan fingerprint density at radius 2 is 2.29 bits per heavy atom. The lowest BCUT2D eigenvalue weighted by Crippen LogP contribution is -2.26. The molecular weight excluding hydrogens is 324 g/mol. The zero-order valence-corrected chi connectivity index (χ0v) is 14.3. The number of rotatable bonds is 2. The highest BCUT2D eigenvalue weighted by Gasteiger charge is 2.33. The summed E-state index contributed by atoms with van der Waals surface area (Å²) in [7, 11) is 0. The molecule has 5 heterocycles. The van der Waals surface area contributed by atoms with Crippen LogP contribution in [0.4, 0.5) is 5.82 Å². The van der Waals surface area contributed by atoms with E-state index in [4.69, 9.17) is 4.63 Å². The van der Waals surface area contributed by atoms with Gasteiger partial charge in [-0.15, -0.1) is 11.3 Å². The second kappa shape index (κ2) is 5.49. The third-order valence-electron chi connectivity index (χ3n) is 5.02. The highest BCUT2D eigenvalue weighted by atomic mass is 32.1. The molecule has 0 unspecified atom stereocenters. The Morgan fingerprint density at radius 1 is 1.33 bits per heavy atom. The maximum absolute atomic E-state index is 4.94. The van der Waals surface area contributed by atoms with Gasteiger partial charge in [0.15, 0.2) is 0 Å². The van der Waals surface area contributed by atoms with E-state index in [0.29, 0.717) is 0 Å². The van der Waals surface area contributed by atoms with Crippen LogP contribution in [-0.2, 0) is 13.0 Å². The highest BCUT2D eigenvalue weighted by Crippen LogP contribution is 2.42. The lowest BCUT2D eigenvalue weighted by Gasteiger charge is -2.25. The molecule has 24 heavy (non-hydrogen) atoms. The third kappa shape index (κ3) is 2.06. The summed E-state index contributed by atoms with van der Waals surface area (Å²) in [4.78, 5) is 14.1. The standard InChI is InChI=1S/C16H18N6OS/c1-9-14(21-23-20-9)11-3-2-6-22(11)15-13-10-4-5-17-7-12(10)24-16(13)19-8-18-15/h8,11,17H,2-7H2,1H3/t11-/m1/s1. The number of aryl methyl sites for hydroxylation is 1. The summed E-state index contributed by atoms with van der Waals surface area (Å²) in [6.45, 7) is 4.89. The zero-order chi connectivity index (χ0) is 16.1. The van der Waals surface area contributed by atoms with E-state index in [2.05, 4.69) is 30.5 Å². The van der Waals surface area contributed by atoms with E-state index < -0.39 is 0 Å². The fourth-order valence-corrected chi connectivity index (χ4v) is 5.06. The Hall–Kier alpha value is -2.06. The van der Waals surface area contributed by atoms with Gasteiger partial charge in [-0.25, -0.2) is 14.6 Å². The molecule has 0 aromatic carbocycles. The Balaban J connectivity index is 1.66. The molecule has 1 atom stereocenters. The quantitative estimate of drug-likeness (QED) is 0.766. The van der Waals surface area contributed by atoms with Gasteiger partial charge >= 0.3 is 0 Å². The number of fused-ring (bicyclic) bond motifs is 3. The molecular formula is C16H18N6OS. The topological polar surface area (TPSA) is 80.0 Å². The molecule has 0 spiro atoms. The van der Waals surface area contributed by atoms with Crippen LogP contribution in [0.2, 0.25) is 0 Å². The van der Waals surface area contributed by atoms with Crippen LogP contribution in [0, 0.1) is 6.92 Å². The Labute approximate surface area is 143 Å². The summed E-state index contributed by atoms with van der Waals surface area (Å²) in [5, 5.41) is 12.8. The molecule has 1 saturated heterocycles. The van der Waals surface area contributed by atoms with Gasteiger partial charge in [-0.05, 0) is 38.3 Å². The van der Waals surface area contributed by atoms with Gasteiger partial charge < -0.3 is 10.2 Å². The molecule has 2 aliphatic rings. The van der Waals surface area contributed by atoms with Gasteiger partial charge in [0, 0.05) is 18.0 Å². The van der Waals surface area contributed by atoms with Crippen LogP contribution in [0.15, 0.2) is 11.0 Å². The average molecular weight is 342 g/mol. The van der Waals surface area contributed by atoms with Crippen LogP contribution in [0.5, 0.6) is 0 Å². The van der Waals surface area contributed by atoms with Crippen molar-refractivity contribution in [3.05, 3.63) is 28.2 Å². The van der Waals surface area contributed by atoms with Crippen molar-refractivity contribution in [2.24, 2.45) is 0 Å². The molecule has 7 nitrogen and oxygen atoms in total. The van der Waals surface area contributed by atoms with Crippen molar-refractivity contribution in [3.8, 4) is 0 Å². The fourth-order valence-electron chi connectivity index (χ4n) is 3.91. The minimum absolute atomic E-state index is 0.187. The van der Waals surface area contributed by atoms with Gasteiger partial charge in [0.1, 0.15) is 28.4 Å². The molecule has 1 fully saturated rings. The normalized spacial score (nSPS) is 20.7. The molecule has 124 valence electrons.